The lowest BCUT2D eigenvalue weighted by Crippen LogP contribution is -2.18. The molecule has 0 bridgehead atoms. The van der Waals surface area contributed by atoms with Crippen LogP contribution in [0.5, 0.6) is 5.75 Å². The molecule has 5 heteroatoms. The summed E-state index contributed by atoms with van der Waals surface area (Å²) in [5, 5.41) is 11.2. The summed E-state index contributed by atoms with van der Waals surface area (Å²) >= 11 is 3.86. The Labute approximate surface area is 123 Å². The zero-order valence-corrected chi connectivity index (χ0v) is 12.7. The second-order valence-electron chi connectivity index (χ2n) is 4.40. The number of thiazole rings is 1. The van der Waals surface area contributed by atoms with E-state index >= 15 is 0 Å². The van der Waals surface area contributed by atoms with Crippen molar-refractivity contribution in [3.8, 4) is 5.75 Å². The van der Waals surface area contributed by atoms with E-state index < -0.39 is 6.10 Å². The molecule has 0 spiro atoms. The fourth-order valence-corrected chi connectivity index (χ4v) is 3.64. The first-order chi connectivity index (χ1) is 8.63. The van der Waals surface area contributed by atoms with Crippen LogP contribution >= 0.6 is 33.9 Å². The summed E-state index contributed by atoms with van der Waals surface area (Å²) in [5.74, 6) is 0.773. The standard InChI is InChI=1S/C13H12INO2S/c1-7-2-3-10-8(4-7)9(16)5-11(17-10)13-15-6-12(14)18-13/h2-4,6,9,11,16H,5H2,1H3/t9-,11?/m1/s1. The van der Waals surface area contributed by atoms with E-state index in [1.807, 2.05) is 31.3 Å². The van der Waals surface area contributed by atoms with Gasteiger partial charge in [-0.3, -0.25) is 0 Å². The molecule has 0 saturated heterocycles. The van der Waals surface area contributed by atoms with Gasteiger partial charge in [0.2, 0.25) is 0 Å². The van der Waals surface area contributed by atoms with Crippen molar-refractivity contribution in [1.82, 2.24) is 4.98 Å². The molecule has 0 aliphatic carbocycles. The van der Waals surface area contributed by atoms with Crippen LogP contribution in [0.1, 0.15) is 34.8 Å². The highest BCUT2D eigenvalue weighted by Crippen LogP contribution is 2.41. The van der Waals surface area contributed by atoms with Crippen LogP contribution in [-0.2, 0) is 0 Å². The molecule has 1 aromatic carbocycles. The summed E-state index contributed by atoms with van der Waals surface area (Å²) in [6.07, 6.45) is 1.80. The number of ether oxygens (including phenoxy) is 1. The summed E-state index contributed by atoms with van der Waals surface area (Å²) in [5.41, 5.74) is 2.02. The maximum absolute atomic E-state index is 10.2. The second kappa shape index (κ2) is 4.79. The van der Waals surface area contributed by atoms with Crippen LogP contribution in [0.15, 0.2) is 24.4 Å². The van der Waals surface area contributed by atoms with Crippen molar-refractivity contribution in [2.45, 2.75) is 25.6 Å². The molecule has 2 heterocycles. The minimum atomic E-state index is -0.472. The van der Waals surface area contributed by atoms with Crippen LogP contribution in [0.3, 0.4) is 0 Å². The van der Waals surface area contributed by atoms with Gasteiger partial charge in [-0.25, -0.2) is 4.98 Å². The Kier molecular flexibility index (Phi) is 3.29. The smallest absolute Gasteiger partial charge is 0.153 e. The monoisotopic (exact) mass is 373 g/mol. The predicted molar refractivity (Wildman–Crippen MR) is 79.0 cm³/mol. The lowest BCUT2D eigenvalue weighted by molar-refractivity contribution is 0.0655. The van der Waals surface area contributed by atoms with Gasteiger partial charge in [-0.05, 0) is 41.6 Å². The Morgan fingerprint density at radius 2 is 2.33 bits per heavy atom. The van der Waals surface area contributed by atoms with E-state index in [9.17, 15) is 5.11 Å². The summed E-state index contributed by atoms with van der Waals surface area (Å²) in [6, 6.07) is 5.92. The lowest BCUT2D eigenvalue weighted by Gasteiger charge is -2.28. The van der Waals surface area contributed by atoms with Crippen molar-refractivity contribution in [1.29, 1.82) is 0 Å². The average molecular weight is 373 g/mol. The molecule has 18 heavy (non-hydrogen) atoms. The number of halogens is 1. The van der Waals surface area contributed by atoms with Gasteiger partial charge in [0.1, 0.15) is 10.8 Å². The quantitative estimate of drug-likeness (QED) is 0.777. The van der Waals surface area contributed by atoms with Crippen LogP contribution in [0.4, 0.5) is 0 Å². The highest BCUT2D eigenvalue weighted by Gasteiger charge is 2.29. The lowest BCUT2D eigenvalue weighted by atomic mass is 9.98. The molecule has 1 aliphatic rings. The van der Waals surface area contributed by atoms with Gasteiger partial charge in [0.15, 0.2) is 6.10 Å². The number of nitrogens with zero attached hydrogens (tertiary/aromatic N) is 1. The summed E-state index contributed by atoms with van der Waals surface area (Å²) in [4.78, 5) is 4.34. The maximum Gasteiger partial charge on any atom is 0.153 e. The minimum absolute atomic E-state index is 0.135. The normalized spacial score (nSPS) is 22.4. The highest BCUT2D eigenvalue weighted by molar-refractivity contribution is 14.1. The summed E-state index contributed by atoms with van der Waals surface area (Å²) < 4.78 is 7.08. The topological polar surface area (TPSA) is 42.4 Å². The fraction of sp³-hybridized carbons (Fsp3) is 0.308. The molecule has 1 unspecified atom stereocenters. The molecular weight excluding hydrogens is 361 g/mol. The number of hydrogen-bond donors (Lipinski definition) is 1. The first-order valence-electron chi connectivity index (χ1n) is 5.70. The SMILES string of the molecule is Cc1ccc2c(c1)[C@H](O)CC(c1ncc(I)s1)O2. The van der Waals surface area contributed by atoms with Crippen LogP contribution < -0.4 is 4.74 Å². The van der Waals surface area contributed by atoms with E-state index in [2.05, 4.69) is 27.6 Å². The van der Waals surface area contributed by atoms with Gasteiger partial charge in [0.05, 0.1) is 15.2 Å². The van der Waals surface area contributed by atoms with Crippen molar-refractivity contribution < 1.29 is 9.84 Å². The Bertz CT molecular complexity index is 584. The van der Waals surface area contributed by atoms with Crippen molar-refractivity contribution in [2.24, 2.45) is 0 Å². The summed E-state index contributed by atoms with van der Waals surface area (Å²) in [6.45, 7) is 2.02. The predicted octanol–water partition coefficient (Wildman–Crippen LogP) is 3.61. The number of hydrogen-bond acceptors (Lipinski definition) is 4. The number of aliphatic hydroxyl groups is 1. The average Bonchev–Trinajstić information content (AvgIpc) is 2.77. The van der Waals surface area contributed by atoms with Crippen molar-refractivity contribution in [2.75, 3.05) is 0 Å². The van der Waals surface area contributed by atoms with Crippen molar-refractivity contribution in [3.05, 3.63) is 43.4 Å². The van der Waals surface area contributed by atoms with Gasteiger partial charge in [0, 0.05) is 12.0 Å². The third-order valence-electron chi connectivity index (χ3n) is 3.00. The highest BCUT2D eigenvalue weighted by atomic mass is 127. The van der Waals surface area contributed by atoms with Crippen LogP contribution in [0.25, 0.3) is 0 Å². The van der Waals surface area contributed by atoms with Gasteiger partial charge in [-0.1, -0.05) is 11.6 Å². The molecule has 1 aliphatic heterocycles. The molecule has 0 saturated carbocycles. The Morgan fingerprint density at radius 1 is 1.50 bits per heavy atom. The zero-order valence-electron chi connectivity index (χ0n) is 9.76. The van der Waals surface area contributed by atoms with Gasteiger partial charge in [0.25, 0.3) is 0 Å². The number of fused-ring (bicyclic) bond motifs is 1. The van der Waals surface area contributed by atoms with Crippen LogP contribution in [-0.4, -0.2) is 10.1 Å². The third kappa shape index (κ3) is 2.26. The van der Waals surface area contributed by atoms with Gasteiger partial charge in [-0.2, -0.15) is 0 Å². The molecule has 3 rings (SSSR count). The first-order valence-corrected chi connectivity index (χ1v) is 7.59. The van der Waals surface area contributed by atoms with E-state index in [-0.39, 0.29) is 6.10 Å². The maximum atomic E-state index is 10.2. The van der Waals surface area contributed by atoms with E-state index in [1.54, 1.807) is 11.3 Å². The number of benzene rings is 1. The fourth-order valence-electron chi connectivity index (χ4n) is 2.13. The second-order valence-corrected chi connectivity index (χ2v) is 7.36. The Morgan fingerprint density at radius 3 is 3.06 bits per heavy atom. The van der Waals surface area contributed by atoms with Gasteiger partial charge >= 0.3 is 0 Å². The molecule has 0 fully saturated rings. The molecule has 1 aromatic heterocycles. The van der Waals surface area contributed by atoms with Crippen molar-refractivity contribution in [3.63, 3.8) is 0 Å². The number of aliphatic hydroxyl groups excluding tert-OH is 1. The minimum Gasteiger partial charge on any atom is -0.483 e. The van der Waals surface area contributed by atoms with E-state index in [0.717, 1.165) is 24.8 Å². The summed E-state index contributed by atoms with van der Waals surface area (Å²) in [7, 11) is 0. The van der Waals surface area contributed by atoms with Gasteiger partial charge < -0.3 is 9.84 Å². The largest absolute Gasteiger partial charge is 0.483 e. The zero-order chi connectivity index (χ0) is 12.7. The number of rotatable bonds is 1. The molecule has 1 N–H and O–H groups in total. The van der Waals surface area contributed by atoms with E-state index in [1.165, 1.54) is 0 Å². The van der Waals surface area contributed by atoms with Gasteiger partial charge in [-0.15, -0.1) is 11.3 Å². The molecular formula is C13H12INO2S. The van der Waals surface area contributed by atoms with E-state index in [0.29, 0.717) is 6.42 Å². The molecule has 0 radical (unpaired) electrons. The Balaban J connectivity index is 1.94. The number of aryl methyl sites for hydroxylation is 1. The molecule has 2 aromatic rings. The Hall–Kier alpha value is -0.660. The molecule has 3 nitrogen and oxygen atoms in total. The van der Waals surface area contributed by atoms with Crippen LogP contribution in [0, 0.1) is 9.81 Å². The number of aromatic nitrogens is 1. The molecule has 94 valence electrons. The third-order valence-corrected chi connectivity index (χ3v) is 4.82. The molecule has 2 atom stereocenters. The van der Waals surface area contributed by atoms with Crippen molar-refractivity contribution >= 4 is 33.9 Å². The van der Waals surface area contributed by atoms with E-state index in [4.69, 9.17) is 4.74 Å². The first kappa shape index (κ1) is 12.4. The molecule has 0 amide bonds. The van der Waals surface area contributed by atoms with Crippen LogP contribution in [0.2, 0.25) is 0 Å².